The summed E-state index contributed by atoms with van der Waals surface area (Å²) in [6.45, 7) is 5.06. The lowest BCUT2D eigenvalue weighted by molar-refractivity contribution is -0.142. The number of anilines is 1. The minimum absolute atomic E-state index is 0.124. The third kappa shape index (κ3) is 5.71. The molecule has 190 valence electrons. The zero-order valence-electron chi connectivity index (χ0n) is 21.3. The van der Waals surface area contributed by atoms with E-state index >= 15 is 0 Å². The van der Waals surface area contributed by atoms with E-state index in [4.69, 9.17) is 4.74 Å². The summed E-state index contributed by atoms with van der Waals surface area (Å²) >= 11 is 0. The van der Waals surface area contributed by atoms with Crippen LogP contribution in [-0.2, 0) is 30.9 Å². The lowest BCUT2D eigenvalue weighted by Gasteiger charge is -2.36. The predicted molar refractivity (Wildman–Crippen MR) is 143 cm³/mol. The van der Waals surface area contributed by atoms with Gasteiger partial charge in [-0.1, -0.05) is 60.7 Å². The molecule has 0 aliphatic carbocycles. The van der Waals surface area contributed by atoms with Gasteiger partial charge in [0, 0.05) is 37.4 Å². The normalized spacial score (nSPS) is 14.8. The van der Waals surface area contributed by atoms with Crippen LogP contribution >= 0.6 is 0 Å². The van der Waals surface area contributed by atoms with E-state index in [1.54, 1.807) is 0 Å². The van der Waals surface area contributed by atoms with Crippen molar-refractivity contribution in [1.82, 2.24) is 5.32 Å². The van der Waals surface area contributed by atoms with E-state index in [1.165, 1.54) is 29.1 Å². The molecule has 1 heterocycles. The Morgan fingerprint density at radius 3 is 2.44 bits per heavy atom. The molecule has 6 nitrogen and oxygen atoms in total. The Morgan fingerprint density at radius 2 is 1.72 bits per heavy atom. The third-order valence-electron chi connectivity index (χ3n) is 7.29. The molecule has 1 aliphatic rings. The van der Waals surface area contributed by atoms with E-state index in [-0.39, 0.29) is 12.5 Å². The number of fused-ring (bicyclic) bond motifs is 1. The van der Waals surface area contributed by atoms with Gasteiger partial charge in [-0.25, -0.2) is 0 Å². The molecular formula is C30H36N2O4. The number of nitrogens with zero attached hydrogens (tertiary/aromatic N) is 1. The number of aryl methyl sites for hydroxylation is 1. The fraction of sp³-hybridized carbons (Fsp3) is 0.400. The van der Waals surface area contributed by atoms with Gasteiger partial charge in [0.25, 0.3) is 0 Å². The molecule has 0 atom stereocenters. The number of benzene rings is 3. The van der Waals surface area contributed by atoms with Gasteiger partial charge in [0.05, 0.1) is 12.5 Å². The maximum absolute atomic E-state index is 13.2. The molecule has 0 aromatic heterocycles. The molecule has 0 radical (unpaired) electrons. The first-order chi connectivity index (χ1) is 17.6. The topological polar surface area (TPSA) is 67.9 Å². The van der Waals surface area contributed by atoms with Crippen molar-refractivity contribution < 1.29 is 19.1 Å². The summed E-state index contributed by atoms with van der Waals surface area (Å²) in [6, 6.07) is 23.4. The molecule has 0 spiro atoms. The number of amides is 1. The second-order valence-corrected chi connectivity index (χ2v) is 9.33. The lowest BCUT2D eigenvalue weighted by Crippen LogP contribution is -2.49. The summed E-state index contributed by atoms with van der Waals surface area (Å²) in [5.74, 6) is -0.594. The van der Waals surface area contributed by atoms with Crippen molar-refractivity contribution in [2.24, 2.45) is 0 Å². The average molecular weight is 489 g/mol. The predicted octanol–water partition coefficient (Wildman–Crippen LogP) is 4.64. The fourth-order valence-corrected chi connectivity index (χ4v) is 5.16. The van der Waals surface area contributed by atoms with Gasteiger partial charge in [0.2, 0.25) is 5.91 Å². The molecule has 3 aromatic carbocycles. The molecule has 1 N–H and O–H groups in total. The number of rotatable bonds is 10. The number of carbonyl (C=O) groups excluding carboxylic acids is 2. The van der Waals surface area contributed by atoms with Gasteiger partial charge in [0.1, 0.15) is 6.54 Å². The molecule has 0 unspecified atom stereocenters. The van der Waals surface area contributed by atoms with E-state index in [2.05, 4.69) is 88.6 Å². The molecule has 1 aliphatic heterocycles. The van der Waals surface area contributed by atoms with Crippen molar-refractivity contribution in [3.63, 3.8) is 0 Å². The molecule has 0 bridgehead atoms. The molecule has 36 heavy (non-hydrogen) atoms. The highest BCUT2D eigenvalue weighted by Gasteiger charge is 2.41. The number of hydrogen-bond donors (Lipinski definition) is 1. The van der Waals surface area contributed by atoms with Gasteiger partial charge < -0.3 is 19.7 Å². The largest absolute Gasteiger partial charge is 0.468 e. The number of ether oxygens (including phenoxy) is 2. The highest BCUT2D eigenvalue weighted by molar-refractivity contribution is 5.94. The van der Waals surface area contributed by atoms with E-state index in [0.717, 1.165) is 31.5 Å². The van der Waals surface area contributed by atoms with Gasteiger partial charge in [0.15, 0.2) is 0 Å². The van der Waals surface area contributed by atoms with Crippen LogP contribution in [0.4, 0.5) is 5.69 Å². The van der Waals surface area contributed by atoms with Crippen LogP contribution in [0.15, 0.2) is 66.7 Å². The number of carbonyl (C=O) groups is 2. The third-order valence-corrected chi connectivity index (χ3v) is 7.29. The van der Waals surface area contributed by atoms with Crippen LogP contribution in [0, 0.1) is 0 Å². The minimum Gasteiger partial charge on any atom is -0.468 e. The second-order valence-electron chi connectivity index (χ2n) is 9.33. The standard InChI is InChI=1S/C30H36N2O4/c1-3-32(27-12-6-10-24-9-4-5-11-26(24)27)19-7-8-23-13-15-25(16-14-23)30(17-20-36-21-18-30)29(34)31-22-28(33)35-2/h4-6,9-16H,3,7-8,17-22H2,1-2H3,(H,31,34). The quantitative estimate of drug-likeness (QED) is 0.421. The van der Waals surface area contributed by atoms with Crippen molar-refractivity contribution in [2.75, 3.05) is 44.9 Å². The Labute approximate surface area is 213 Å². The molecular weight excluding hydrogens is 452 g/mol. The Morgan fingerprint density at radius 1 is 1.00 bits per heavy atom. The Kier molecular flexibility index (Phi) is 8.60. The summed E-state index contributed by atoms with van der Waals surface area (Å²) in [5.41, 5.74) is 2.83. The summed E-state index contributed by atoms with van der Waals surface area (Å²) < 4.78 is 10.2. The smallest absolute Gasteiger partial charge is 0.325 e. The van der Waals surface area contributed by atoms with Gasteiger partial charge in [-0.3, -0.25) is 9.59 Å². The highest BCUT2D eigenvalue weighted by atomic mass is 16.5. The van der Waals surface area contributed by atoms with Crippen LogP contribution in [0.25, 0.3) is 10.8 Å². The van der Waals surface area contributed by atoms with Gasteiger partial charge in [-0.2, -0.15) is 0 Å². The van der Waals surface area contributed by atoms with Crippen molar-refractivity contribution in [1.29, 1.82) is 0 Å². The fourth-order valence-electron chi connectivity index (χ4n) is 5.16. The maximum Gasteiger partial charge on any atom is 0.325 e. The monoisotopic (exact) mass is 488 g/mol. The molecule has 0 saturated carbocycles. The summed E-state index contributed by atoms with van der Waals surface area (Å²) in [7, 11) is 1.32. The second kappa shape index (κ2) is 12.0. The molecule has 1 saturated heterocycles. The van der Waals surface area contributed by atoms with Gasteiger partial charge in [-0.05, 0) is 55.2 Å². The van der Waals surface area contributed by atoms with E-state index in [9.17, 15) is 9.59 Å². The van der Waals surface area contributed by atoms with Crippen molar-refractivity contribution >= 4 is 28.3 Å². The van der Waals surface area contributed by atoms with Crippen LogP contribution in [0.1, 0.15) is 37.3 Å². The Bertz CT molecular complexity index is 1160. The van der Waals surface area contributed by atoms with E-state index in [0.29, 0.717) is 26.1 Å². The Balaban J connectivity index is 1.41. The van der Waals surface area contributed by atoms with Crippen LogP contribution in [-0.4, -0.2) is 51.8 Å². The van der Waals surface area contributed by atoms with Crippen molar-refractivity contribution in [2.45, 2.75) is 38.0 Å². The van der Waals surface area contributed by atoms with Crippen LogP contribution in [0.2, 0.25) is 0 Å². The van der Waals surface area contributed by atoms with E-state index < -0.39 is 11.4 Å². The molecule has 1 amide bonds. The molecule has 6 heteroatoms. The zero-order chi connectivity index (χ0) is 25.4. The van der Waals surface area contributed by atoms with Crippen LogP contribution in [0.5, 0.6) is 0 Å². The van der Waals surface area contributed by atoms with Gasteiger partial charge >= 0.3 is 5.97 Å². The average Bonchev–Trinajstić information content (AvgIpc) is 2.94. The molecule has 1 fully saturated rings. The SMILES string of the molecule is CCN(CCCc1ccc(C2(C(=O)NCC(=O)OC)CCOCC2)cc1)c1cccc2ccccc12. The van der Waals surface area contributed by atoms with Crippen LogP contribution in [0.3, 0.4) is 0 Å². The molecule has 3 aromatic rings. The summed E-state index contributed by atoms with van der Waals surface area (Å²) in [5, 5.41) is 5.32. The first-order valence-electron chi connectivity index (χ1n) is 12.8. The van der Waals surface area contributed by atoms with Crippen molar-refractivity contribution in [3.8, 4) is 0 Å². The van der Waals surface area contributed by atoms with E-state index in [1.807, 2.05) is 0 Å². The number of nitrogens with one attached hydrogen (secondary N) is 1. The minimum atomic E-state index is -0.682. The van der Waals surface area contributed by atoms with Gasteiger partial charge in [-0.15, -0.1) is 0 Å². The number of hydrogen-bond acceptors (Lipinski definition) is 5. The number of esters is 1. The van der Waals surface area contributed by atoms with Crippen LogP contribution < -0.4 is 10.2 Å². The summed E-state index contributed by atoms with van der Waals surface area (Å²) in [6.07, 6.45) is 3.19. The number of methoxy groups -OCH3 is 1. The first-order valence-corrected chi connectivity index (χ1v) is 12.8. The zero-order valence-corrected chi connectivity index (χ0v) is 21.3. The Hall–Kier alpha value is -3.38. The lowest BCUT2D eigenvalue weighted by atomic mass is 9.73. The van der Waals surface area contributed by atoms with Crippen molar-refractivity contribution in [3.05, 3.63) is 77.9 Å². The maximum atomic E-state index is 13.2. The highest BCUT2D eigenvalue weighted by Crippen LogP contribution is 2.35. The summed E-state index contributed by atoms with van der Waals surface area (Å²) in [4.78, 5) is 27.1. The first kappa shape index (κ1) is 25.7. The molecule has 4 rings (SSSR count).